The fourth-order valence-electron chi connectivity index (χ4n) is 3.33. The summed E-state index contributed by atoms with van der Waals surface area (Å²) in [5.74, 6) is 0. The number of fused-ring (bicyclic) bond motifs is 4. The van der Waals surface area contributed by atoms with Gasteiger partial charge in [-0.05, 0) is 68.4 Å². The summed E-state index contributed by atoms with van der Waals surface area (Å²) in [5.41, 5.74) is 2.06. The average molecular weight is 280 g/mol. The summed E-state index contributed by atoms with van der Waals surface area (Å²) in [4.78, 5) is 2.63. The highest BCUT2D eigenvalue weighted by Gasteiger charge is 2.38. The normalized spacial score (nSPS) is 33.7. The highest BCUT2D eigenvalue weighted by atomic mass is 79.9. The zero-order chi connectivity index (χ0) is 11.0. The predicted molar refractivity (Wildman–Crippen MR) is 70.7 cm³/mol. The molecule has 16 heavy (non-hydrogen) atoms. The number of benzene rings is 1. The molecular formula is C14H18BrN. The van der Waals surface area contributed by atoms with E-state index in [1.807, 2.05) is 0 Å². The first kappa shape index (κ1) is 10.8. The van der Waals surface area contributed by atoms with Crippen LogP contribution in [0, 0.1) is 0 Å². The second-order valence-electron chi connectivity index (χ2n) is 5.23. The number of rotatable bonds is 1. The Morgan fingerprint density at radius 1 is 0.938 bits per heavy atom. The number of piperidine rings is 1. The lowest BCUT2D eigenvalue weighted by Gasteiger charge is -2.38. The molecule has 4 rings (SSSR count). The van der Waals surface area contributed by atoms with Crippen molar-refractivity contribution in [3.8, 4) is 0 Å². The molecule has 1 aromatic carbocycles. The van der Waals surface area contributed by atoms with Gasteiger partial charge in [0.2, 0.25) is 0 Å². The number of hydrogen-bond acceptors (Lipinski definition) is 1. The Hall–Kier alpha value is -0.340. The van der Waals surface area contributed by atoms with Gasteiger partial charge in [-0.25, -0.2) is 0 Å². The van der Waals surface area contributed by atoms with Crippen LogP contribution in [0.1, 0.15) is 31.2 Å². The van der Waals surface area contributed by atoms with Crippen molar-refractivity contribution in [3.05, 3.63) is 34.3 Å². The molecule has 0 aromatic heterocycles. The van der Waals surface area contributed by atoms with Crippen LogP contribution in [-0.4, -0.2) is 24.5 Å². The van der Waals surface area contributed by atoms with E-state index in [1.54, 1.807) is 5.56 Å². The lowest BCUT2D eigenvalue weighted by molar-refractivity contribution is 0.198. The summed E-state index contributed by atoms with van der Waals surface area (Å²) in [6.45, 7) is 3.92. The van der Waals surface area contributed by atoms with Gasteiger partial charge in [0.1, 0.15) is 0 Å². The summed E-state index contributed by atoms with van der Waals surface area (Å²) < 4.78 is 1.19. The standard InChI is InChI=1S/C14H18BrN/c15-13-4-2-12(3-5-13)14-6-1-9-16(10-7-14)11-8-14/h2-5H,1,6-11H2. The molecule has 0 aliphatic carbocycles. The van der Waals surface area contributed by atoms with Crippen LogP contribution in [0.3, 0.4) is 0 Å². The zero-order valence-electron chi connectivity index (χ0n) is 9.58. The summed E-state index contributed by atoms with van der Waals surface area (Å²) in [5, 5.41) is 0. The topological polar surface area (TPSA) is 3.24 Å². The lowest BCUT2D eigenvalue weighted by atomic mass is 9.71. The molecule has 1 nitrogen and oxygen atoms in total. The highest BCUT2D eigenvalue weighted by Crippen LogP contribution is 2.42. The van der Waals surface area contributed by atoms with E-state index in [0.29, 0.717) is 5.41 Å². The molecule has 3 saturated heterocycles. The summed E-state index contributed by atoms with van der Waals surface area (Å²) in [6, 6.07) is 9.04. The Morgan fingerprint density at radius 2 is 1.62 bits per heavy atom. The number of halogens is 1. The van der Waals surface area contributed by atoms with Crippen LogP contribution in [0.5, 0.6) is 0 Å². The maximum atomic E-state index is 3.53. The van der Waals surface area contributed by atoms with Gasteiger partial charge >= 0.3 is 0 Å². The van der Waals surface area contributed by atoms with Gasteiger partial charge in [0, 0.05) is 4.47 Å². The monoisotopic (exact) mass is 279 g/mol. The Labute approximate surface area is 106 Å². The molecule has 0 amide bonds. The molecule has 0 saturated carbocycles. The molecule has 86 valence electrons. The Balaban J connectivity index is 1.94. The van der Waals surface area contributed by atoms with Gasteiger partial charge in [-0.15, -0.1) is 0 Å². The molecule has 2 bridgehead atoms. The van der Waals surface area contributed by atoms with Gasteiger partial charge < -0.3 is 4.90 Å². The molecule has 3 fully saturated rings. The van der Waals surface area contributed by atoms with E-state index in [-0.39, 0.29) is 0 Å². The van der Waals surface area contributed by atoms with E-state index in [4.69, 9.17) is 0 Å². The fraction of sp³-hybridized carbons (Fsp3) is 0.571. The van der Waals surface area contributed by atoms with Crippen molar-refractivity contribution in [2.75, 3.05) is 19.6 Å². The van der Waals surface area contributed by atoms with Gasteiger partial charge in [-0.3, -0.25) is 0 Å². The van der Waals surface area contributed by atoms with Gasteiger partial charge in [0.05, 0.1) is 0 Å². The van der Waals surface area contributed by atoms with E-state index in [0.717, 1.165) is 0 Å². The van der Waals surface area contributed by atoms with Crippen LogP contribution in [-0.2, 0) is 5.41 Å². The van der Waals surface area contributed by atoms with Gasteiger partial charge in [-0.1, -0.05) is 28.1 Å². The molecular weight excluding hydrogens is 262 g/mol. The van der Waals surface area contributed by atoms with Crippen molar-refractivity contribution in [2.24, 2.45) is 0 Å². The summed E-state index contributed by atoms with van der Waals surface area (Å²) in [7, 11) is 0. The predicted octanol–water partition coefficient (Wildman–Crippen LogP) is 3.58. The third-order valence-electron chi connectivity index (χ3n) is 4.40. The Kier molecular flexibility index (Phi) is 2.80. The SMILES string of the molecule is Brc1ccc(C23CCCN(CC2)CC3)cc1. The smallest absolute Gasteiger partial charge is 0.0175 e. The first-order chi connectivity index (χ1) is 7.78. The quantitative estimate of drug-likeness (QED) is 0.760. The van der Waals surface area contributed by atoms with Crippen molar-refractivity contribution in [1.82, 2.24) is 4.90 Å². The van der Waals surface area contributed by atoms with Crippen molar-refractivity contribution < 1.29 is 0 Å². The van der Waals surface area contributed by atoms with E-state index in [1.165, 1.54) is 49.8 Å². The minimum Gasteiger partial charge on any atom is -0.303 e. The van der Waals surface area contributed by atoms with E-state index in [2.05, 4.69) is 45.1 Å². The molecule has 1 aromatic rings. The maximum Gasteiger partial charge on any atom is 0.0175 e. The minimum atomic E-state index is 0.494. The molecule has 3 aliphatic rings. The Morgan fingerprint density at radius 3 is 2.31 bits per heavy atom. The van der Waals surface area contributed by atoms with Gasteiger partial charge in [-0.2, -0.15) is 0 Å². The van der Waals surface area contributed by atoms with Crippen LogP contribution in [0.15, 0.2) is 28.7 Å². The number of nitrogens with zero attached hydrogens (tertiary/aromatic N) is 1. The molecule has 2 heteroatoms. The molecule has 3 heterocycles. The Bertz CT molecular complexity index is 357. The largest absolute Gasteiger partial charge is 0.303 e. The minimum absolute atomic E-state index is 0.494. The van der Waals surface area contributed by atoms with Crippen LogP contribution >= 0.6 is 15.9 Å². The van der Waals surface area contributed by atoms with Gasteiger partial charge in [0.25, 0.3) is 0 Å². The maximum absolute atomic E-state index is 3.53. The average Bonchev–Trinajstić information content (AvgIpc) is 2.64. The van der Waals surface area contributed by atoms with Crippen LogP contribution in [0.2, 0.25) is 0 Å². The molecule has 0 unspecified atom stereocenters. The van der Waals surface area contributed by atoms with E-state index >= 15 is 0 Å². The molecule has 0 atom stereocenters. The third kappa shape index (κ3) is 1.82. The zero-order valence-corrected chi connectivity index (χ0v) is 11.2. The van der Waals surface area contributed by atoms with Crippen molar-refractivity contribution in [3.63, 3.8) is 0 Å². The third-order valence-corrected chi connectivity index (χ3v) is 4.93. The van der Waals surface area contributed by atoms with Crippen molar-refractivity contribution in [2.45, 2.75) is 31.1 Å². The van der Waals surface area contributed by atoms with Crippen LogP contribution < -0.4 is 0 Å². The molecule has 3 aliphatic heterocycles. The first-order valence-electron chi connectivity index (χ1n) is 6.27. The van der Waals surface area contributed by atoms with Crippen molar-refractivity contribution >= 4 is 15.9 Å². The molecule has 0 radical (unpaired) electrons. The van der Waals surface area contributed by atoms with Crippen LogP contribution in [0.25, 0.3) is 0 Å². The van der Waals surface area contributed by atoms with Crippen LogP contribution in [0.4, 0.5) is 0 Å². The first-order valence-corrected chi connectivity index (χ1v) is 7.06. The fourth-order valence-corrected chi connectivity index (χ4v) is 3.60. The molecule has 0 spiro atoms. The van der Waals surface area contributed by atoms with Gasteiger partial charge in [0.15, 0.2) is 0 Å². The lowest BCUT2D eigenvalue weighted by Crippen LogP contribution is -2.38. The second-order valence-corrected chi connectivity index (χ2v) is 6.15. The summed E-state index contributed by atoms with van der Waals surface area (Å²) >= 11 is 3.53. The highest BCUT2D eigenvalue weighted by molar-refractivity contribution is 9.10. The number of hydrogen-bond donors (Lipinski definition) is 0. The van der Waals surface area contributed by atoms with E-state index < -0.39 is 0 Å². The second kappa shape index (κ2) is 4.15. The van der Waals surface area contributed by atoms with Crippen molar-refractivity contribution in [1.29, 1.82) is 0 Å². The molecule has 0 N–H and O–H groups in total. The summed E-state index contributed by atoms with van der Waals surface area (Å²) in [6.07, 6.45) is 5.46. The van der Waals surface area contributed by atoms with E-state index in [9.17, 15) is 0 Å².